The molecule has 1 unspecified atom stereocenters. The summed E-state index contributed by atoms with van der Waals surface area (Å²) in [6.45, 7) is 3.14. The van der Waals surface area contributed by atoms with Gasteiger partial charge in [0.2, 0.25) is 0 Å². The Bertz CT molecular complexity index is 452. The van der Waals surface area contributed by atoms with Gasteiger partial charge in [0.15, 0.2) is 0 Å². The first kappa shape index (κ1) is 16.0. The van der Waals surface area contributed by atoms with Crippen molar-refractivity contribution < 1.29 is 9.90 Å². The van der Waals surface area contributed by atoms with Gasteiger partial charge < -0.3 is 5.11 Å². The van der Waals surface area contributed by atoms with Crippen LogP contribution in [0.15, 0.2) is 30.3 Å². The van der Waals surface area contributed by atoms with Crippen molar-refractivity contribution in [2.75, 3.05) is 13.6 Å². The number of nitrogens with zero attached hydrogens (tertiary/aromatic N) is 1. The van der Waals surface area contributed by atoms with E-state index in [-0.39, 0.29) is 12.0 Å². The van der Waals surface area contributed by atoms with Gasteiger partial charge in [-0.25, -0.2) is 0 Å². The van der Waals surface area contributed by atoms with Crippen molar-refractivity contribution in [1.82, 2.24) is 4.90 Å². The maximum Gasteiger partial charge on any atom is 0.305 e. The van der Waals surface area contributed by atoms with Gasteiger partial charge in [-0.1, -0.05) is 56.5 Å². The van der Waals surface area contributed by atoms with E-state index in [1.165, 1.54) is 12.0 Å². The number of likely N-dealkylation sites (N-methyl/N-ethyl adjacent to an activating group) is 1. The van der Waals surface area contributed by atoms with Crippen LogP contribution in [0.5, 0.6) is 0 Å². The Morgan fingerprint density at radius 2 is 1.86 bits per heavy atom. The van der Waals surface area contributed by atoms with Gasteiger partial charge in [-0.05, 0) is 31.4 Å². The maximum atomic E-state index is 11.3. The standard InChI is InChI=1S/C18H27NO2/c1-15(16-9-5-3-6-10-16)14-19(2)18(13-17(20)21)11-7-4-8-12-18/h3,5-6,9-10,15H,4,7-8,11-14H2,1-2H3,(H,20,21). The summed E-state index contributed by atoms with van der Waals surface area (Å²) in [5.74, 6) is -0.250. The van der Waals surface area contributed by atoms with E-state index in [0.29, 0.717) is 5.92 Å². The molecule has 1 N–H and O–H groups in total. The van der Waals surface area contributed by atoms with E-state index in [9.17, 15) is 9.90 Å². The molecule has 0 bridgehead atoms. The third-order valence-electron chi connectivity index (χ3n) is 4.99. The van der Waals surface area contributed by atoms with Gasteiger partial charge in [-0.15, -0.1) is 0 Å². The first-order valence-corrected chi connectivity index (χ1v) is 8.01. The number of benzene rings is 1. The number of carbonyl (C=O) groups is 1. The molecule has 0 amide bonds. The van der Waals surface area contributed by atoms with Crippen LogP contribution < -0.4 is 0 Å². The molecular weight excluding hydrogens is 262 g/mol. The van der Waals surface area contributed by atoms with E-state index in [1.54, 1.807) is 0 Å². The molecule has 0 saturated heterocycles. The van der Waals surface area contributed by atoms with Crippen molar-refractivity contribution in [3.63, 3.8) is 0 Å². The van der Waals surface area contributed by atoms with Crippen molar-refractivity contribution in [1.29, 1.82) is 0 Å². The smallest absolute Gasteiger partial charge is 0.305 e. The fraction of sp³-hybridized carbons (Fsp3) is 0.611. The van der Waals surface area contributed by atoms with Gasteiger partial charge in [-0.3, -0.25) is 9.69 Å². The van der Waals surface area contributed by atoms with Crippen molar-refractivity contribution in [2.45, 2.75) is 56.9 Å². The Morgan fingerprint density at radius 1 is 1.24 bits per heavy atom. The fourth-order valence-electron chi connectivity index (χ4n) is 3.68. The number of hydrogen-bond acceptors (Lipinski definition) is 2. The summed E-state index contributed by atoms with van der Waals surface area (Å²) in [5.41, 5.74) is 1.18. The van der Waals surface area contributed by atoms with Crippen LogP contribution in [0.2, 0.25) is 0 Å². The van der Waals surface area contributed by atoms with Crippen LogP contribution in [0, 0.1) is 0 Å². The first-order valence-electron chi connectivity index (χ1n) is 8.01. The predicted octanol–water partition coefficient (Wildman–Crippen LogP) is 3.90. The van der Waals surface area contributed by atoms with Crippen molar-refractivity contribution in [3.8, 4) is 0 Å². The Kier molecular flexibility index (Phi) is 5.40. The molecule has 1 fully saturated rings. The lowest BCUT2D eigenvalue weighted by molar-refractivity contribution is -0.141. The molecule has 116 valence electrons. The fourth-order valence-corrected chi connectivity index (χ4v) is 3.68. The zero-order valence-electron chi connectivity index (χ0n) is 13.2. The zero-order valence-corrected chi connectivity index (χ0v) is 13.2. The number of rotatable bonds is 6. The molecule has 1 aliphatic rings. The van der Waals surface area contributed by atoms with Gasteiger partial charge in [0, 0.05) is 12.1 Å². The highest BCUT2D eigenvalue weighted by Crippen LogP contribution is 2.36. The second-order valence-corrected chi connectivity index (χ2v) is 6.55. The third kappa shape index (κ3) is 4.07. The molecule has 1 saturated carbocycles. The highest BCUT2D eigenvalue weighted by atomic mass is 16.4. The highest BCUT2D eigenvalue weighted by Gasteiger charge is 2.38. The monoisotopic (exact) mass is 289 g/mol. The second kappa shape index (κ2) is 7.08. The van der Waals surface area contributed by atoms with Gasteiger partial charge in [0.05, 0.1) is 6.42 Å². The Labute approximate surface area is 128 Å². The molecule has 1 aliphatic carbocycles. The van der Waals surface area contributed by atoms with Crippen LogP contribution in [-0.2, 0) is 4.79 Å². The molecule has 21 heavy (non-hydrogen) atoms. The van der Waals surface area contributed by atoms with Crippen LogP contribution in [0.1, 0.15) is 56.9 Å². The minimum Gasteiger partial charge on any atom is -0.481 e. The van der Waals surface area contributed by atoms with Crippen LogP contribution in [0.3, 0.4) is 0 Å². The molecule has 0 radical (unpaired) electrons. The summed E-state index contributed by atoms with van der Waals surface area (Å²) < 4.78 is 0. The lowest BCUT2D eigenvalue weighted by atomic mass is 9.77. The van der Waals surface area contributed by atoms with Crippen LogP contribution >= 0.6 is 0 Å². The molecule has 3 heteroatoms. The average molecular weight is 289 g/mol. The van der Waals surface area contributed by atoms with Gasteiger partial charge in [0.25, 0.3) is 0 Å². The molecule has 1 aromatic carbocycles. The summed E-state index contributed by atoms with van der Waals surface area (Å²) in [6, 6.07) is 10.5. The molecule has 0 spiro atoms. The lowest BCUT2D eigenvalue weighted by Gasteiger charge is -2.45. The van der Waals surface area contributed by atoms with Crippen molar-refractivity contribution in [2.24, 2.45) is 0 Å². The molecule has 3 nitrogen and oxygen atoms in total. The molecule has 0 heterocycles. The number of aliphatic carboxylic acids is 1. The normalized spacial score (nSPS) is 19.4. The largest absolute Gasteiger partial charge is 0.481 e. The first-order chi connectivity index (χ1) is 10.0. The Balaban J connectivity index is 2.07. The Hall–Kier alpha value is -1.35. The maximum absolute atomic E-state index is 11.3. The minimum absolute atomic E-state index is 0.146. The third-order valence-corrected chi connectivity index (χ3v) is 4.99. The lowest BCUT2D eigenvalue weighted by Crippen LogP contribution is -2.50. The van der Waals surface area contributed by atoms with Crippen molar-refractivity contribution in [3.05, 3.63) is 35.9 Å². The predicted molar refractivity (Wildman–Crippen MR) is 85.6 cm³/mol. The SMILES string of the molecule is CC(CN(C)C1(CC(=O)O)CCCCC1)c1ccccc1. The Morgan fingerprint density at radius 3 is 2.43 bits per heavy atom. The number of carboxylic acid groups (broad SMARTS) is 1. The molecule has 0 aliphatic heterocycles. The number of carboxylic acids is 1. The quantitative estimate of drug-likeness (QED) is 0.863. The molecular formula is C18H27NO2. The van der Waals surface area contributed by atoms with Gasteiger partial charge in [0.1, 0.15) is 0 Å². The summed E-state index contributed by atoms with van der Waals surface area (Å²) >= 11 is 0. The van der Waals surface area contributed by atoms with Crippen LogP contribution in [0.4, 0.5) is 0 Å². The topological polar surface area (TPSA) is 40.5 Å². The molecule has 1 aromatic rings. The van der Waals surface area contributed by atoms with E-state index in [1.807, 2.05) is 6.07 Å². The van der Waals surface area contributed by atoms with E-state index in [2.05, 4.69) is 43.1 Å². The highest BCUT2D eigenvalue weighted by molar-refractivity contribution is 5.68. The zero-order chi connectivity index (χ0) is 15.3. The van der Waals surface area contributed by atoms with E-state index in [4.69, 9.17) is 0 Å². The van der Waals surface area contributed by atoms with Gasteiger partial charge >= 0.3 is 5.97 Å². The average Bonchev–Trinajstić information content (AvgIpc) is 2.48. The van der Waals surface area contributed by atoms with Crippen molar-refractivity contribution >= 4 is 5.97 Å². The van der Waals surface area contributed by atoms with E-state index >= 15 is 0 Å². The van der Waals surface area contributed by atoms with Crippen LogP contribution in [0.25, 0.3) is 0 Å². The minimum atomic E-state index is -0.670. The van der Waals surface area contributed by atoms with Crippen LogP contribution in [-0.4, -0.2) is 35.1 Å². The second-order valence-electron chi connectivity index (χ2n) is 6.55. The molecule has 0 aromatic heterocycles. The van der Waals surface area contributed by atoms with Gasteiger partial charge in [-0.2, -0.15) is 0 Å². The summed E-state index contributed by atoms with van der Waals surface area (Å²) in [5, 5.41) is 9.30. The number of hydrogen-bond donors (Lipinski definition) is 1. The van der Waals surface area contributed by atoms with E-state index in [0.717, 1.165) is 32.2 Å². The molecule has 1 atom stereocenters. The summed E-state index contributed by atoms with van der Waals surface area (Å²) in [4.78, 5) is 13.6. The van der Waals surface area contributed by atoms with E-state index < -0.39 is 5.97 Å². The summed E-state index contributed by atoms with van der Waals surface area (Å²) in [6.07, 6.45) is 5.83. The molecule has 2 rings (SSSR count). The summed E-state index contributed by atoms with van der Waals surface area (Å²) in [7, 11) is 2.10.